The van der Waals surface area contributed by atoms with Gasteiger partial charge in [-0.2, -0.15) is 0 Å². The number of furan rings is 2. The standard InChI is InChI=1S/C21H18N2O4/c1-14-6-7-15-11-16(20(24)22-18(15)10-14)12-23(13-17-4-2-8-26-17)21(25)19-5-3-9-27-19/h2-11H,12-13H2,1H3,(H,22,24). The number of pyridine rings is 1. The zero-order chi connectivity index (χ0) is 18.8. The molecule has 0 aliphatic heterocycles. The van der Waals surface area contributed by atoms with Crippen LogP contribution in [-0.4, -0.2) is 15.8 Å². The van der Waals surface area contributed by atoms with Gasteiger partial charge < -0.3 is 18.7 Å². The van der Waals surface area contributed by atoms with Crippen LogP contribution in [0.25, 0.3) is 10.9 Å². The van der Waals surface area contributed by atoms with Crippen LogP contribution in [0.4, 0.5) is 0 Å². The molecule has 0 radical (unpaired) electrons. The Morgan fingerprint density at radius 2 is 1.85 bits per heavy atom. The maximum absolute atomic E-state index is 12.8. The number of hydrogen-bond donors (Lipinski definition) is 1. The van der Waals surface area contributed by atoms with Crippen molar-refractivity contribution in [3.05, 3.63) is 94.1 Å². The summed E-state index contributed by atoms with van der Waals surface area (Å²) in [7, 11) is 0. The summed E-state index contributed by atoms with van der Waals surface area (Å²) < 4.78 is 10.6. The third-order valence-electron chi connectivity index (χ3n) is 4.39. The monoisotopic (exact) mass is 362 g/mol. The summed E-state index contributed by atoms with van der Waals surface area (Å²) in [4.78, 5) is 29.8. The Morgan fingerprint density at radius 3 is 2.59 bits per heavy atom. The second kappa shape index (κ2) is 6.99. The first-order valence-electron chi connectivity index (χ1n) is 8.58. The van der Waals surface area contributed by atoms with Crippen molar-refractivity contribution in [2.75, 3.05) is 0 Å². The van der Waals surface area contributed by atoms with Gasteiger partial charge in [0.2, 0.25) is 0 Å². The zero-order valence-corrected chi connectivity index (χ0v) is 14.8. The highest BCUT2D eigenvalue weighted by atomic mass is 16.3. The van der Waals surface area contributed by atoms with Gasteiger partial charge in [-0.25, -0.2) is 0 Å². The van der Waals surface area contributed by atoms with Crippen molar-refractivity contribution < 1.29 is 13.6 Å². The number of carbonyl (C=O) groups excluding carboxylic acids is 1. The third-order valence-corrected chi connectivity index (χ3v) is 4.39. The summed E-state index contributed by atoms with van der Waals surface area (Å²) in [5.41, 5.74) is 2.12. The molecule has 3 aromatic heterocycles. The summed E-state index contributed by atoms with van der Waals surface area (Å²) in [5.74, 6) is 0.539. The van der Waals surface area contributed by atoms with Crippen LogP contribution in [0.3, 0.4) is 0 Å². The highest BCUT2D eigenvalue weighted by Crippen LogP contribution is 2.17. The molecule has 1 amide bonds. The van der Waals surface area contributed by atoms with Crippen molar-refractivity contribution in [1.82, 2.24) is 9.88 Å². The fourth-order valence-corrected chi connectivity index (χ4v) is 3.03. The minimum Gasteiger partial charge on any atom is -0.467 e. The fraction of sp³-hybridized carbons (Fsp3) is 0.143. The van der Waals surface area contributed by atoms with E-state index in [0.717, 1.165) is 16.5 Å². The van der Waals surface area contributed by atoms with E-state index >= 15 is 0 Å². The Bertz CT molecular complexity index is 1120. The molecule has 0 bridgehead atoms. The minimum absolute atomic E-state index is 0.138. The van der Waals surface area contributed by atoms with Crippen molar-refractivity contribution >= 4 is 16.8 Å². The molecule has 6 nitrogen and oxygen atoms in total. The SMILES string of the molecule is Cc1ccc2cc(CN(Cc3ccco3)C(=O)c3ccco3)c(=O)[nH]c2c1. The Kier molecular flexibility index (Phi) is 4.38. The van der Waals surface area contributed by atoms with E-state index in [4.69, 9.17) is 8.83 Å². The number of amides is 1. The largest absolute Gasteiger partial charge is 0.467 e. The number of carbonyl (C=O) groups is 1. The molecule has 4 aromatic rings. The molecule has 0 fully saturated rings. The van der Waals surface area contributed by atoms with E-state index in [2.05, 4.69) is 4.98 Å². The Hall–Kier alpha value is -3.54. The molecule has 0 saturated heterocycles. The van der Waals surface area contributed by atoms with Gasteiger partial charge in [0.1, 0.15) is 5.76 Å². The van der Waals surface area contributed by atoms with Gasteiger partial charge in [0.15, 0.2) is 5.76 Å². The van der Waals surface area contributed by atoms with Gasteiger partial charge in [0.05, 0.1) is 25.6 Å². The van der Waals surface area contributed by atoms with Crippen LogP contribution in [0.1, 0.15) is 27.4 Å². The summed E-state index contributed by atoms with van der Waals surface area (Å²) in [6.45, 7) is 2.34. The lowest BCUT2D eigenvalue weighted by atomic mass is 10.1. The Labute approximate surface area is 155 Å². The van der Waals surface area contributed by atoms with Crippen LogP contribution in [0, 0.1) is 6.92 Å². The second-order valence-corrected chi connectivity index (χ2v) is 6.43. The molecule has 3 heterocycles. The molecule has 136 valence electrons. The molecule has 0 aliphatic carbocycles. The van der Waals surface area contributed by atoms with E-state index in [1.165, 1.54) is 11.2 Å². The highest BCUT2D eigenvalue weighted by Gasteiger charge is 2.21. The van der Waals surface area contributed by atoms with Gasteiger partial charge in [-0.05, 0) is 54.3 Å². The van der Waals surface area contributed by atoms with E-state index < -0.39 is 0 Å². The van der Waals surface area contributed by atoms with Gasteiger partial charge in [0.25, 0.3) is 11.5 Å². The predicted molar refractivity (Wildman–Crippen MR) is 100 cm³/mol. The molecule has 0 aliphatic rings. The maximum atomic E-state index is 12.8. The Morgan fingerprint density at radius 1 is 1.04 bits per heavy atom. The molecule has 0 spiro atoms. The zero-order valence-electron chi connectivity index (χ0n) is 14.8. The molecule has 0 unspecified atom stereocenters. The molecule has 1 N–H and O–H groups in total. The van der Waals surface area contributed by atoms with Crippen LogP contribution >= 0.6 is 0 Å². The fourth-order valence-electron chi connectivity index (χ4n) is 3.03. The summed E-state index contributed by atoms with van der Waals surface area (Å²) in [6.07, 6.45) is 3.00. The number of nitrogens with zero attached hydrogens (tertiary/aromatic N) is 1. The number of nitrogens with one attached hydrogen (secondary N) is 1. The smallest absolute Gasteiger partial charge is 0.290 e. The first-order valence-corrected chi connectivity index (χ1v) is 8.58. The first-order chi connectivity index (χ1) is 13.1. The molecule has 4 rings (SSSR count). The third kappa shape index (κ3) is 3.55. The van der Waals surface area contributed by atoms with Crippen LogP contribution < -0.4 is 5.56 Å². The second-order valence-electron chi connectivity index (χ2n) is 6.43. The van der Waals surface area contributed by atoms with Crippen molar-refractivity contribution in [1.29, 1.82) is 0 Å². The summed E-state index contributed by atoms with van der Waals surface area (Å²) in [5, 5.41) is 0.915. The quantitative estimate of drug-likeness (QED) is 0.584. The van der Waals surface area contributed by atoms with Crippen LogP contribution in [0.15, 0.2) is 74.7 Å². The number of aryl methyl sites for hydroxylation is 1. The van der Waals surface area contributed by atoms with Crippen molar-refractivity contribution in [3.8, 4) is 0 Å². The van der Waals surface area contributed by atoms with E-state index in [1.54, 1.807) is 30.5 Å². The number of aromatic amines is 1. The molecule has 1 aromatic carbocycles. The minimum atomic E-state index is -0.306. The number of hydrogen-bond acceptors (Lipinski definition) is 4. The van der Waals surface area contributed by atoms with Crippen LogP contribution in [0.2, 0.25) is 0 Å². The topological polar surface area (TPSA) is 79.5 Å². The van der Waals surface area contributed by atoms with Gasteiger partial charge in [0, 0.05) is 11.1 Å². The number of rotatable bonds is 5. The normalized spacial score (nSPS) is 11.0. The molecule has 0 saturated carbocycles. The van der Waals surface area contributed by atoms with E-state index in [-0.39, 0.29) is 30.3 Å². The summed E-state index contributed by atoms with van der Waals surface area (Å²) in [6, 6.07) is 14.5. The number of fused-ring (bicyclic) bond motifs is 1. The average molecular weight is 362 g/mol. The van der Waals surface area contributed by atoms with Crippen molar-refractivity contribution in [2.45, 2.75) is 20.0 Å². The van der Waals surface area contributed by atoms with E-state index in [1.807, 2.05) is 31.2 Å². The lowest BCUT2D eigenvalue weighted by molar-refractivity contribution is 0.0684. The van der Waals surface area contributed by atoms with Gasteiger partial charge >= 0.3 is 0 Å². The molecular formula is C21H18N2O4. The molecular weight excluding hydrogens is 344 g/mol. The predicted octanol–water partition coefficient (Wildman–Crippen LogP) is 3.87. The highest BCUT2D eigenvalue weighted by molar-refractivity contribution is 5.91. The average Bonchev–Trinajstić information content (AvgIpc) is 3.35. The van der Waals surface area contributed by atoms with Gasteiger partial charge in [-0.3, -0.25) is 9.59 Å². The first kappa shape index (κ1) is 16.9. The van der Waals surface area contributed by atoms with Crippen LogP contribution in [0.5, 0.6) is 0 Å². The Balaban J connectivity index is 1.69. The van der Waals surface area contributed by atoms with Crippen LogP contribution in [-0.2, 0) is 13.1 Å². The lowest BCUT2D eigenvalue weighted by Gasteiger charge is -2.20. The molecule has 27 heavy (non-hydrogen) atoms. The number of aromatic nitrogens is 1. The van der Waals surface area contributed by atoms with Crippen molar-refractivity contribution in [2.24, 2.45) is 0 Å². The van der Waals surface area contributed by atoms with Gasteiger partial charge in [-0.1, -0.05) is 12.1 Å². The number of benzene rings is 1. The lowest BCUT2D eigenvalue weighted by Crippen LogP contribution is -2.32. The molecule has 6 heteroatoms. The molecule has 0 atom stereocenters. The van der Waals surface area contributed by atoms with E-state index in [9.17, 15) is 9.59 Å². The summed E-state index contributed by atoms with van der Waals surface area (Å²) >= 11 is 0. The number of H-pyrrole nitrogens is 1. The van der Waals surface area contributed by atoms with Gasteiger partial charge in [-0.15, -0.1) is 0 Å². The maximum Gasteiger partial charge on any atom is 0.290 e. The van der Waals surface area contributed by atoms with E-state index in [0.29, 0.717) is 11.3 Å². The van der Waals surface area contributed by atoms with Crippen molar-refractivity contribution in [3.63, 3.8) is 0 Å².